The van der Waals surface area contributed by atoms with Gasteiger partial charge in [0.2, 0.25) is 5.91 Å². The second-order valence-corrected chi connectivity index (χ2v) is 4.97. The molecule has 0 saturated heterocycles. The molecule has 0 aromatic heterocycles. The van der Waals surface area contributed by atoms with Crippen molar-refractivity contribution in [1.82, 2.24) is 4.90 Å². The van der Waals surface area contributed by atoms with Crippen LogP contribution in [0.4, 0.5) is 0 Å². The van der Waals surface area contributed by atoms with E-state index in [4.69, 9.17) is 5.73 Å². The molecule has 2 N–H and O–H groups in total. The molecule has 2 saturated carbocycles. The van der Waals surface area contributed by atoms with Gasteiger partial charge in [-0.1, -0.05) is 0 Å². The average Bonchev–Trinajstić information content (AvgIpc) is 3.05. The number of nitrogens with two attached hydrogens (primary N) is 1. The molecule has 3 heteroatoms. The Morgan fingerprint density at radius 1 is 1.20 bits per heavy atom. The normalized spacial score (nSPS) is 31.3. The van der Waals surface area contributed by atoms with Gasteiger partial charge in [-0.3, -0.25) is 4.79 Å². The molecule has 0 unspecified atom stereocenters. The molecule has 0 aliphatic heterocycles. The zero-order valence-electron chi connectivity index (χ0n) is 9.61. The molecule has 2 fully saturated rings. The highest BCUT2D eigenvalue weighted by Crippen LogP contribution is 2.33. The Kier molecular flexibility index (Phi) is 3.29. The summed E-state index contributed by atoms with van der Waals surface area (Å²) >= 11 is 0. The molecule has 2 rings (SSSR count). The minimum absolute atomic E-state index is 0.362. The quantitative estimate of drug-likeness (QED) is 0.767. The van der Waals surface area contributed by atoms with Crippen molar-refractivity contribution in [2.45, 2.75) is 57.5 Å². The van der Waals surface area contributed by atoms with Crippen molar-refractivity contribution in [3.63, 3.8) is 0 Å². The number of hydrogen-bond donors (Lipinski definition) is 1. The van der Waals surface area contributed by atoms with Gasteiger partial charge in [0, 0.05) is 24.5 Å². The lowest BCUT2D eigenvalue weighted by Crippen LogP contribution is -2.44. The highest BCUT2D eigenvalue weighted by Gasteiger charge is 2.36. The molecule has 1 amide bonds. The SMILES string of the molecule is CCN(C(=O)C1CC1)C1CCC(N)CC1. The number of nitrogens with zero attached hydrogens (tertiary/aromatic N) is 1. The molecule has 86 valence electrons. The maximum Gasteiger partial charge on any atom is 0.225 e. The highest BCUT2D eigenvalue weighted by atomic mass is 16.2. The highest BCUT2D eigenvalue weighted by molar-refractivity contribution is 5.81. The van der Waals surface area contributed by atoms with Gasteiger partial charge in [0.05, 0.1) is 0 Å². The molecule has 0 spiro atoms. The predicted molar refractivity (Wildman–Crippen MR) is 60.3 cm³/mol. The lowest BCUT2D eigenvalue weighted by molar-refractivity contribution is -0.135. The molecule has 0 aromatic rings. The molecule has 3 nitrogen and oxygen atoms in total. The molecular formula is C12H22N2O. The van der Waals surface area contributed by atoms with E-state index < -0.39 is 0 Å². The molecule has 0 aromatic carbocycles. The van der Waals surface area contributed by atoms with Crippen molar-refractivity contribution in [1.29, 1.82) is 0 Å². The van der Waals surface area contributed by atoms with Crippen LogP contribution in [-0.4, -0.2) is 29.4 Å². The topological polar surface area (TPSA) is 46.3 Å². The van der Waals surface area contributed by atoms with Crippen molar-refractivity contribution in [3.8, 4) is 0 Å². The summed E-state index contributed by atoms with van der Waals surface area (Å²) in [6, 6.07) is 0.846. The molecule has 2 aliphatic carbocycles. The third-order valence-corrected chi connectivity index (χ3v) is 3.73. The monoisotopic (exact) mass is 210 g/mol. The smallest absolute Gasteiger partial charge is 0.225 e. The van der Waals surface area contributed by atoms with Crippen molar-refractivity contribution in [2.75, 3.05) is 6.54 Å². The average molecular weight is 210 g/mol. The van der Waals surface area contributed by atoms with E-state index in [2.05, 4.69) is 11.8 Å². The molecule has 15 heavy (non-hydrogen) atoms. The van der Waals surface area contributed by atoms with Crippen molar-refractivity contribution in [2.24, 2.45) is 11.7 Å². The van der Waals surface area contributed by atoms with Gasteiger partial charge in [-0.15, -0.1) is 0 Å². The first-order chi connectivity index (χ1) is 7.22. The Hall–Kier alpha value is -0.570. The first kappa shape index (κ1) is 10.9. The lowest BCUT2D eigenvalue weighted by Gasteiger charge is -2.35. The fourth-order valence-corrected chi connectivity index (χ4v) is 2.57. The minimum Gasteiger partial charge on any atom is -0.340 e. The van der Waals surface area contributed by atoms with Crippen molar-refractivity contribution < 1.29 is 4.79 Å². The molecule has 0 radical (unpaired) electrons. The summed E-state index contributed by atoms with van der Waals surface area (Å²) < 4.78 is 0. The van der Waals surface area contributed by atoms with Crippen LogP contribution in [-0.2, 0) is 4.79 Å². The second kappa shape index (κ2) is 4.52. The van der Waals surface area contributed by atoms with Crippen LogP contribution >= 0.6 is 0 Å². The Balaban J connectivity index is 1.90. The van der Waals surface area contributed by atoms with Gasteiger partial charge in [0.1, 0.15) is 0 Å². The van der Waals surface area contributed by atoms with Crippen molar-refractivity contribution >= 4 is 5.91 Å². The zero-order chi connectivity index (χ0) is 10.8. The number of amides is 1. The maximum absolute atomic E-state index is 12.0. The Morgan fingerprint density at radius 2 is 1.80 bits per heavy atom. The fraction of sp³-hybridized carbons (Fsp3) is 0.917. The Labute approximate surface area is 92.0 Å². The van der Waals surface area contributed by atoms with Crippen LogP contribution in [0.25, 0.3) is 0 Å². The van der Waals surface area contributed by atoms with Crippen LogP contribution in [0.15, 0.2) is 0 Å². The van der Waals surface area contributed by atoms with Gasteiger partial charge in [0.25, 0.3) is 0 Å². The van der Waals surface area contributed by atoms with Crippen LogP contribution in [0.3, 0.4) is 0 Å². The first-order valence-electron chi connectivity index (χ1n) is 6.28. The third kappa shape index (κ3) is 2.51. The van der Waals surface area contributed by atoms with Gasteiger partial charge in [-0.2, -0.15) is 0 Å². The zero-order valence-corrected chi connectivity index (χ0v) is 9.61. The molecule has 2 aliphatic rings. The van der Waals surface area contributed by atoms with Gasteiger partial charge in [-0.25, -0.2) is 0 Å². The molecule has 0 heterocycles. The van der Waals surface area contributed by atoms with E-state index in [1.54, 1.807) is 0 Å². The summed E-state index contributed by atoms with van der Waals surface area (Å²) in [6.45, 7) is 2.96. The predicted octanol–water partition coefficient (Wildman–Crippen LogP) is 1.51. The van der Waals surface area contributed by atoms with Crippen LogP contribution in [0.5, 0.6) is 0 Å². The number of rotatable bonds is 3. The van der Waals surface area contributed by atoms with Crippen LogP contribution in [0, 0.1) is 5.92 Å². The van der Waals surface area contributed by atoms with Crippen LogP contribution in [0.2, 0.25) is 0 Å². The standard InChI is InChI=1S/C12H22N2O/c1-2-14(12(15)9-3-4-9)11-7-5-10(13)6-8-11/h9-11H,2-8,13H2,1H3. The van der Waals surface area contributed by atoms with E-state index in [-0.39, 0.29) is 0 Å². The molecule has 0 atom stereocenters. The minimum atomic E-state index is 0.362. The number of carbonyl (C=O) groups is 1. The van der Waals surface area contributed by atoms with E-state index in [0.29, 0.717) is 23.9 Å². The number of hydrogen-bond acceptors (Lipinski definition) is 2. The van der Waals surface area contributed by atoms with E-state index in [9.17, 15) is 4.79 Å². The summed E-state index contributed by atoms with van der Waals surface area (Å²) in [5.74, 6) is 0.763. The molecular weight excluding hydrogens is 188 g/mol. The Bertz CT molecular complexity index is 230. The summed E-state index contributed by atoms with van der Waals surface area (Å²) in [4.78, 5) is 14.1. The lowest BCUT2D eigenvalue weighted by atomic mass is 9.90. The van der Waals surface area contributed by atoms with E-state index in [1.807, 2.05) is 0 Å². The first-order valence-corrected chi connectivity index (χ1v) is 6.28. The van der Waals surface area contributed by atoms with Gasteiger partial charge in [-0.05, 0) is 45.4 Å². The Morgan fingerprint density at radius 3 is 2.27 bits per heavy atom. The summed E-state index contributed by atoms with van der Waals surface area (Å²) in [5, 5.41) is 0. The van der Waals surface area contributed by atoms with Crippen LogP contribution in [0.1, 0.15) is 45.4 Å². The summed E-state index contributed by atoms with van der Waals surface area (Å²) in [5.41, 5.74) is 5.88. The van der Waals surface area contributed by atoms with E-state index in [0.717, 1.165) is 45.1 Å². The van der Waals surface area contributed by atoms with E-state index in [1.165, 1.54) is 0 Å². The summed E-state index contributed by atoms with van der Waals surface area (Å²) in [7, 11) is 0. The van der Waals surface area contributed by atoms with Gasteiger partial charge >= 0.3 is 0 Å². The largest absolute Gasteiger partial charge is 0.340 e. The van der Waals surface area contributed by atoms with Crippen LogP contribution < -0.4 is 5.73 Å². The number of carbonyl (C=O) groups excluding carboxylic acids is 1. The fourth-order valence-electron chi connectivity index (χ4n) is 2.57. The molecule has 0 bridgehead atoms. The maximum atomic E-state index is 12.0. The van der Waals surface area contributed by atoms with E-state index >= 15 is 0 Å². The van der Waals surface area contributed by atoms with Crippen molar-refractivity contribution in [3.05, 3.63) is 0 Å². The van der Waals surface area contributed by atoms with Gasteiger partial charge in [0.15, 0.2) is 0 Å². The van der Waals surface area contributed by atoms with Gasteiger partial charge < -0.3 is 10.6 Å². The second-order valence-electron chi connectivity index (χ2n) is 4.97. The summed E-state index contributed by atoms with van der Waals surface area (Å²) in [6.07, 6.45) is 6.60. The third-order valence-electron chi connectivity index (χ3n) is 3.73.